The number of hydrogen-bond donors (Lipinski definition) is 1. The van der Waals surface area contributed by atoms with Crippen molar-refractivity contribution in [1.82, 2.24) is 9.97 Å². The number of nitrogens with one attached hydrogen (secondary N) is 1. The quantitative estimate of drug-likeness (QED) is 0.947. The van der Waals surface area contributed by atoms with E-state index in [1.165, 1.54) is 0 Å². The molecule has 0 atom stereocenters. The lowest BCUT2D eigenvalue weighted by Crippen LogP contribution is -2.13. The van der Waals surface area contributed by atoms with Crippen LogP contribution in [0.5, 0.6) is 0 Å². The molecule has 94 valence electrons. The number of aryl methyl sites for hydroxylation is 1. The first-order valence-corrected chi connectivity index (χ1v) is 6.87. The SMILES string of the molecule is CCc1ccc(-c2nc(C3CC3)c(Br)c(=O)[nH]2)o1. The van der Waals surface area contributed by atoms with Gasteiger partial charge in [-0.3, -0.25) is 4.79 Å². The lowest BCUT2D eigenvalue weighted by atomic mass is 10.2. The molecular formula is C13H13BrN2O2. The first-order chi connectivity index (χ1) is 8.69. The molecule has 1 aliphatic carbocycles. The highest BCUT2D eigenvalue weighted by molar-refractivity contribution is 9.10. The highest BCUT2D eigenvalue weighted by Crippen LogP contribution is 2.41. The summed E-state index contributed by atoms with van der Waals surface area (Å²) in [6.45, 7) is 2.02. The maximum absolute atomic E-state index is 11.9. The zero-order valence-corrected chi connectivity index (χ0v) is 11.6. The van der Waals surface area contributed by atoms with E-state index in [-0.39, 0.29) is 5.56 Å². The van der Waals surface area contributed by atoms with E-state index in [2.05, 4.69) is 25.9 Å². The first-order valence-electron chi connectivity index (χ1n) is 6.08. The van der Waals surface area contributed by atoms with E-state index in [9.17, 15) is 4.79 Å². The van der Waals surface area contributed by atoms with Gasteiger partial charge in [0.2, 0.25) is 0 Å². The van der Waals surface area contributed by atoms with Gasteiger partial charge in [-0.05, 0) is 40.9 Å². The van der Waals surface area contributed by atoms with Crippen LogP contribution in [0.25, 0.3) is 11.6 Å². The Morgan fingerprint density at radius 1 is 1.50 bits per heavy atom. The van der Waals surface area contributed by atoms with E-state index in [0.29, 0.717) is 22.0 Å². The molecule has 0 aromatic carbocycles. The topological polar surface area (TPSA) is 58.9 Å². The molecule has 1 N–H and O–H groups in total. The van der Waals surface area contributed by atoms with Gasteiger partial charge in [-0.2, -0.15) is 0 Å². The van der Waals surface area contributed by atoms with Gasteiger partial charge in [0.05, 0.1) is 5.69 Å². The smallest absolute Gasteiger partial charge is 0.265 e. The third kappa shape index (κ3) is 2.03. The lowest BCUT2D eigenvalue weighted by molar-refractivity contribution is 0.525. The number of H-pyrrole nitrogens is 1. The Bertz CT molecular complexity index is 641. The maximum atomic E-state index is 11.9. The Hall–Kier alpha value is -1.36. The van der Waals surface area contributed by atoms with Gasteiger partial charge in [0.1, 0.15) is 10.2 Å². The van der Waals surface area contributed by atoms with Crippen molar-refractivity contribution in [3.63, 3.8) is 0 Å². The zero-order valence-electron chi connectivity index (χ0n) is 10.00. The molecule has 0 bridgehead atoms. The fraction of sp³-hybridized carbons (Fsp3) is 0.385. The van der Waals surface area contributed by atoms with E-state index in [1.807, 2.05) is 19.1 Å². The van der Waals surface area contributed by atoms with Crippen molar-refractivity contribution < 1.29 is 4.42 Å². The Morgan fingerprint density at radius 2 is 2.28 bits per heavy atom. The van der Waals surface area contributed by atoms with Crippen molar-refractivity contribution >= 4 is 15.9 Å². The number of aromatic nitrogens is 2. The number of hydrogen-bond acceptors (Lipinski definition) is 3. The number of furan rings is 1. The van der Waals surface area contributed by atoms with Crippen molar-refractivity contribution in [3.8, 4) is 11.6 Å². The van der Waals surface area contributed by atoms with Gasteiger partial charge >= 0.3 is 0 Å². The fourth-order valence-electron chi connectivity index (χ4n) is 1.92. The molecule has 3 rings (SSSR count). The fourth-order valence-corrected chi connectivity index (χ4v) is 2.43. The molecule has 2 aromatic rings. The number of nitrogens with zero attached hydrogens (tertiary/aromatic N) is 1. The minimum absolute atomic E-state index is 0.142. The lowest BCUT2D eigenvalue weighted by Gasteiger charge is -2.03. The van der Waals surface area contributed by atoms with Crippen LogP contribution in [0.15, 0.2) is 25.8 Å². The van der Waals surface area contributed by atoms with Gasteiger partial charge in [-0.1, -0.05) is 6.92 Å². The Kier molecular flexibility index (Phi) is 2.86. The summed E-state index contributed by atoms with van der Waals surface area (Å²) >= 11 is 3.31. The van der Waals surface area contributed by atoms with Gasteiger partial charge in [0.25, 0.3) is 5.56 Å². The van der Waals surface area contributed by atoms with Gasteiger partial charge in [0, 0.05) is 12.3 Å². The number of halogens is 1. The van der Waals surface area contributed by atoms with E-state index >= 15 is 0 Å². The van der Waals surface area contributed by atoms with Crippen LogP contribution < -0.4 is 5.56 Å². The third-order valence-electron chi connectivity index (χ3n) is 3.10. The second-order valence-corrected chi connectivity index (χ2v) is 5.30. The number of rotatable bonds is 3. The Labute approximate surface area is 113 Å². The minimum atomic E-state index is -0.142. The van der Waals surface area contributed by atoms with Crippen LogP contribution in [0.4, 0.5) is 0 Å². The van der Waals surface area contributed by atoms with Crippen LogP contribution in [0, 0.1) is 0 Å². The largest absolute Gasteiger partial charge is 0.458 e. The summed E-state index contributed by atoms with van der Waals surface area (Å²) in [5.74, 6) is 2.45. The predicted octanol–water partition coefficient (Wildman–Crippen LogP) is 3.23. The summed E-state index contributed by atoms with van der Waals surface area (Å²) in [5.41, 5.74) is 0.708. The van der Waals surface area contributed by atoms with Crippen LogP contribution in [0.2, 0.25) is 0 Å². The average Bonchev–Trinajstić information content (AvgIpc) is 3.09. The van der Waals surface area contributed by atoms with E-state index in [1.54, 1.807) is 0 Å². The standard InChI is InChI=1S/C13H13BrN2O2/c1-2-8-5-6-9(18-8)12-15-11(7-3-4-7)10(14)13(17)16-12/h5-7H,2-4H2,1H3,(H,15,16,17). The Balaban J connectivity index is 2.09. The second-order valence-electron chi connectivity index (χ2n) is 4.51. The molecule has 1 saturated carbocycles. The molecule has 18 heavy (non-hydrogen) atoms. The minimum Gasteiger partial charge on any atom is -0.458 e. The van der Waals surface area contributed by atoms with Gasteiger partial charge in [-0.25, -0.2) is 4.98 Å². The maximum Gasteiger partial charge on any atom is 0.265 e. The molecule has 2 heterocycles. The zero-order chi connectivity index (χ0) is 12.7. The van der Waals surface area contributed by atoms with Gasteiger partial charge < -0.3 is 9.40 Å². The summed E-state index contributed by atoms with van der Waals surface area (Å²) in [6, 6.07) is 3.76. The van der Waals surface area contributed by atoms with E-state index in [4.69, 9.17) is 4.42 Å². The molecule has 0 amide bonds. The summed E-state index contributed by atoms with van der Waals surface area (Å²) in [5, 5.41) is 0. The summed E-state index contributed by atoms with van der Waals surface area (Å²) in [4.78, 5) is 19.1. The summed E-state index contributed by atoms with van der Waals surface area (Å²) in [6.07, 6.45) is 3.04. The van der Waals surface area contributed by atoms with Gasteiger partial charge in [-0.15, -0.1) is 0 Å². The van der Waals surface area contributed by atoms with Crippen molar-refractivity contribution in [1.29, 1.82) is 0 Å². The van der Waals surface area contributed by atoms with Crippen LogP contribution in [-0.2, 0) is 6.42 Å². The molecule has 2 aromatic heterocycles. The molecule has 1 fully saturated rings. The van der Waals surface area contributed by atoms with Crippen LogP contribution in [0.1, 0.15) is 37.1 Å². The molecular weight excluding hydrogens is 296 g/mol. The highest BCUT2D eigenvalue weighted by atomic mass is 79.9. The second kappa shape index (κ2) is 4.39. The summed E-state index contributed by atoms with van der Waals surface area (Å²) < 4.78 is 6.17. The van der Waals surface area contributed by atoms with Crippen molar-refractivity contribution in [2.75, 3.05) is 0 Å². The molecule has 0 radical (unpaired) electrons. The molecule has 0 spiro atoms. The van der Waals surface area contributed by atoms with Crippen molar-refractivity contribution in [2.24, 2.45) is 0 Å². The average molecular weight is 309 g/mol. The van der Waals surface area contributed by atoms with Crippen LogP contribution in [-0.4, -0.2) is 9.97 Å². The van der Waals surface area contributed by atoms with Crippen LogP contribution in [0.3, 0.4) is 0 Å². The molecule has 0 saturated heterocycles. The molecule has 0 aliphatic heterocycles. The number of aromatic amines is 1. The summed E-state index contributed by atoms with van der Waals surface area (Å²) in [7, 11) is 0. The van der Waals surface area contributed by atoms with Crippen molar-refractivity contribution in [2.45, 2.75) is 32.1 Å². The molecule has 4 nitrogen and oxygen atoms in total. The highest BCUT2D eigenvalue weighted by Gasteiger charge is 2.29. The van der Waals surface area contributed by atoms with Crippen molar-refractivity contribution in [3.05, 3.63) is 38.4 Å². The third-order valence-corrected chi connectivity index (χ3v) is 3.86. The van der Waals surface area contributed by atoms with Crippen LogP contribution >= 0.6 is 15.9 Å². The van der Waals surface area contributed by atoms with Gasteiger partial charge in [0.15, 0.2) is 11.6 Å². The predicted molar refractivity (Wildman–Crippen MR) is 71.6 cm³/mol. The molecule has 1 aliphatic rings. The monoisotopic (exact) mass is 308 g/mol. The van der Waals surface area contributed by atoms with E-state index < -0.39 is 0 Å². The molecule has 0 unspecified atom stereocenters. The normalized spacial score (nSPS) is 15.0. The Morgan fingerprint density at radius 3 is 2.89 bits per heavy atom. The van der Waals surface area contributed by atoms with E-state index in [0.717, 1.165) is 30.7 Å². The molecule has 5 heteroatoms. The first kappa shape index (κ1) is 11.7.